The van der Waals surface area contributed by atoms with E-state index in [1.54, 1.807) is 0 Å². The molecule has 1 aliphatic rings. The van der Waals surface area contributed by atoms with Gasteiger partial charge in [-0.05, 0) is 19.3 Å². The Morgan fingerprint density at radius 3 is 1.81 bits per heavy atom. The summed E-state index contributed by atoms with van der Waals surface area (Å²) in [6.45, 7) is 14.8. The van der Waals surface area contributed by atoms with E-state index in [0.717, 1.165) is 12.3 Å². The second kappa shape index (κ2) is 4.75. The zero-order valence-corrected chi connectivity index (χ0v) is 14.4. The van der Waals surface area contributed by atoms with Crippen molar-refractivity contribution in [3.63, 3.8) is 0 Å². The predicted molar refractivity (Wildman–Crippen MR) is 78.9 cm³/mol. The number of hydrogen-bond donors (Lipinski definition) is 0. The van der Waals surface area contributed by atoms with Gasteiger partial charge in [-0.25, -0.2) is 0 Å². The van der Waals surface area contributed by atoms with E-state index in [-0.39, 0.29) is 0 Å². The highest BCUT2D eigenvalue weighted by atomic mass is 35.5. The summed E-state index contributed by atoms with van der Waals surface area (Å²) in [5.74, 6) is 0.791. The first-order valence-electron chi connectivity index (χ1n) is 6.40. The Morgan fingerprint density at radius 2 is 1.50 bits per heavy atom. The van der Waals surface area contributed by atoms with Crippen LogP contribution in [0.1, 0.15) is 19.3 Å². The number of rotatable bonds is 6. The van der Waals surface area contributed by atoms with Gasteiger partial charge in [-0.1, -0.05) is 39.3 Å². The molecule has 0 aliphatic carbocycles. The van der Waals surface area contributed by atoms with Gasteiger partial charge in [0.2, 0.25) is 0 Å². The van der Waals surface area contributed by atoms with Crippen molar-refractivity contribution >= 4 is 27.7 Å². The van der Waals surface area contributed by atoms with Gasteiger partial charge >= 0.3 is 0 Å². The van der Waals surface area contributed by atoms with Crippen LogP contribution in [0, 0.1) is 0 Å². The van der Waals surface area contributed by atoms with E-state index in [2.05, 4.69) is 39.3 Å². The van der Waals surface area contributed by atoms with Crippen molar-refractivity contribution in [3.8, 4) is 0 Å². The first-order valence-corrected chi connectivity index (χ1v) is 13.9. The van der Waals surface area contributed by atoms with Gasteiger partial charge < -0.3 is 4.74 Å². The summed E-state index contributed by atoms with van der Waals surface area (Å²) >= 11 is 5.73. The molecule has 1 unspecified atom stereocenters. The van der Waals surface area contributed by atoms with Gasteiger partial charge in [0.1, 0.15) is 0 Å². The summed E-state index contributed by atoms with van der Waals surface area (Å²) in [6, 6.07) is 0. The second-order valence-electron chi connectivity index (χ2n) is 7.03. The van der Waals surface area contributed by atoms with Crippen molar-refractivity contribution < 1.29 is 4.74 Å². The van der Waals surface area contributed by atoms with Gasteiger partial charge in [0.15, 0.2) is 0 Å². The van der Waals surface area contributed by atoms with E-state index >= 15 is 0 Å². The molecule has 4 heteroatoms. The molecule has 0 N–H and O–H groups in total. The molecule has 0 radical (unpaired) electrons. The van der Waals surface area contributed by atoms with Crippen LogP contribution >= 0.6 is 11.6 Å². The molecule has 16 heavy (non-hydrogen) atoms. The van der Waals surface area contributed by atoms with Crippen LogP contribution in [0.25, 0.3) is 0 Å². The molecular weight excluding hydrogens is 252 g/mol. The zero-order valence-electron chi connectivity index (χ0n) is 11.7. The van der Waals surface area contributed by atoms with Gasteiger partial charge in [-0.2, -0.15) is 0 Å². The fourth-order valence-electron chi connectivity index (χ4n) is 3.32. The molecule has 1 heterocycles. The number of alkyl halides is 1. The average molecular weight is 279 g/mol. The third kappa shape index (κ3) is 2.57. The molecule has 1 aliphatic heterocycles. The minimum Gasteiger partial charge on any atom is -0.374 e. The largest absolute Gasteiger partial charge is 0.374 e. The lowest BCUT2D eigenvalue weighted by Gasteiger charge is -2.36. The summed E-state index contributed by atoms with van der Waals surface area (Å²) in [6.07, 6.45) is 4.13. The van der Waals surface area contributed by atoms with Gasteiger partial charge in [0, 0.05) is 5.88 Å². The summed E-state index contributed by atoms with van der Waals surface area (Å²) in [7, 11) is -2.45. The van der Waals surface area contributed by atoms with E-state index in [1.165, 1.54) is 12.8 Å². The molecule has 0 aromatic rings. The smallest absolute Gasteiger partial charge is 0.0817 e. The molecule has 0 bridgehead atoms. The van der Waals surface area contributed by atoms with Crippen molar-refractivity contribution in [3.05, 3.63) is 0 Å². The predicted octanol–water partition coefficient (Wildman–Crippen LogP) is 4.29. The lowest BCUT2D eigenvalue weighted by atomic mass is 10.2. The van der Waals surface area contributed by atoms with E-state index in [1.807, 2.05) is 0 Å². The number of ether oxygens (including phenoxy) is 1. The zero-order chi connectivity index (χ0) is 12.6. The minimum absolute atomic E-state index is 0.326. The van der Waals surface area contributed by atoms with Crippen LogP contribution in [-0.2, 0) is 4.74 Å². The Balaban J connectivity index is 2.67. The van der Waals surface area contributed by atoms with Crippen molar-refractivity contribution in [1.29, 1.82) is 0 Å². The topological polar surface area (TPSA) is 12.5 Å². The Hall–Kier alpha value is 0.684. The summed E-state index contributed by atoms with van der Waals surface area (Å²) in [4.78, 5) is 0.326. The lowest BCUT2D eigenvalue weighted by molar-refractivity contribution is 0.365. The molecule has 1 atom stereocenters. The van der Waals surface area contributed by atoms with Crippen LogP contribution in [0.15, 0.2) is 0 Å². The molecule has 0 saturated carbocycles. The van der Waals surface area contributed by atoms with Crippen molar-refractivity contribution in [2.24, 2.45) is 0 Å². The Bertz CT molecular complexity index is 228. The maximum absolute atomic E-state index is 6.26. The second-order valence-corrected chi connectivity index (χ2v) is 18.4. The molecule has 0 aromatic heterocycles. The minimum atomic E-state index is -1.23. The van der Waals surface area contributed by atoms with Gasteiger partial charge in [-0.3, -0.25) is 0 Å². The van der Waals surface area contributed by atoms with Crippen molar-refractivity contribution in [1.82, 2.24) is 0 Å². The van der Waals surface area contributed by atoms with Gasteiger partial charge in [0.05, 0.1) is 27.1 Å². The summed E-state index contributed by atoms with van der Waals surface area (Å²) in [5.41, 5.74) is 0. The maximum atomic E-state index is 6.26. The fraction of sp³-hybridized carbons (Fsp3) is 1.00. The molecule has 1 nitrogen and oxygen atoms in total. The highest BCUT2D eigenvalue weighted by Crippen LogP contribution is 2.52. The number of halogens is 1. The van der Waals surface area contributed by atoms with Crippen LogP contribution in [0.4, 0.5) is 0 Å². The Morgan fingerprint density at radius 1 is 1.00 bits per heavy atom. The molecule has 96 valence electrons. The number of epoxide rings is 1. The van der Waals surface area contributed by atoms with E-state index in [4.69, 9.17) is 16.3 Å². The van der Waals surface area contributed by atoms with Crippen LogP contribution < -0.4 is 0 Å². The molecular formula is C12H27ClOSi2. The average Bonchev–Trinajstić information content (AvgIpc) is 2.78. The van der Waals surface area contributed by atoms with E-state index in [0.29, 0.717) is 11.0 Å². The quantitative estimate of drug-likeness (QED) is 0.306. The first kappa shape index (κ1) is 14.7. The van der Waals surface area contributed by atoms with Gasteiger partial charge in [-0.15, -0.1) is 11.6 Å². The molecule has 1 rings (SSSR count). The van der Waals surface area contributed by atoms with Gasteiger partial charge in [0.25, 0.3) is 0 Å². The Kier molecular flexibility index (Phi) is 4.38. The van der Waals surface area contributed by atoms with E-state index < -0.39 is 16.1 Å². The molecule has 0 aromatic carbocycles. The molecule has 1 saturated heterocycles. The third-order valence-electron chi connectivity index (χ3n) is 3.80. The molecule has 0 amide bonds. The fourth-order valence-corrected chi connectivity index (χ4v) is 15.7. The highest BCUT2D eigenvalue weighted by Gasteiger charge is 2.69. The van der Waals surface area contributed by atoms with Crippen LogP contribution in [0.5, 0.6) is 0 Å². The number of unbranched alkanes of at least 4 members (excludes halogenated alkanes) is 1. The summed E-state index contributed by atoms with van der Waals surface area (Å²) in [5, 5.41) is 0. The molecule has 0 spiro atoms. The first-order chi connectivity index (χ1) is 7.17. The van der Waals surface area contributed by atoms with Crippen molar-refractivity contribution in [2.75, 3.05) is 5.88 Å². The standard InChI is InChI=1S/C12H27ClOSi2/c1-15(2,3)12(16(4,5)6)11(14-12)9-7-8-10-13/h11H,7-10H2,1-6H3. The van der Waals surface area contributed by atoms with E-state index in [9.17, 15) is 0 Å². The highest BCUT2D eigenvalue weighted by molar-refractivity contribution is 6.99. The lowest BCUT2D eigenvalue weighted by Crippen LogP contribution is -2.59. The number of hydrogen-bond acceptors (Lipinski definition) is 1. The monoisotopic (exact) mass is 278 g/mol. The summed E-state index contributed by atoms with van der Waals surface area (Å²) < 4.78 is 6.26. The normalized spacial score (nSPS) is 24.6. The molecule has 1 fully saturated rings. The van der Waals surface area contributed by atoms with Crippen molar-refractivity contribution in [2.45, 2.75) is 69.5 Å². The Labute approximate surface area is 108 Å². The third-order valence-corrected chi connectivity index (χ3v) is 13.9. The van der Waals surface area contributed by atoms with Crippen LogP contribution in [-0.4, -0.2) is 33.0 Å². The van der Waals surface area contributed by atoms with Crippen LogP contribution in [0.3, 0.4) is 0 Å². The van der Waals surface area contributed by atoms with Crippen LogP contribution in [0.2, 0.25) is 39.3 Å². The SMILES string of the molecule is C[Si](C)(C)C1([Si](C)(C)C)OC1CCCCCl. The maximum Gasteiger partial charge on any atom is 0.0817 e.